The van der Waals surface area contributed by atoms with E-state index in [1.165, 1.54) is 193 Å². The highest BCUT2D eigenvalue weighted by atomic mass is 31.2. The molecule has 0 bridgehead atoms. The zero-order valence-corrected chi connectivity index (χ0v) is 63.9. The van der Waals surface area contributed by atoms with Crippen molar-refractivity contribution < 1.29 is 80.2 Å². The Hall–Kier alpha value is -1.94. The van der Waals surface area contributed by atoms with E-state index in [2.05, 4.69) is 48.5 Å². The number of aliphatic hydroxyl groups is 1. The summed E-state index contributed by atoms with van der Waals surface area (Å²) in [6, 6.07) is 0. The Morgan fingerprint density at radius 2 is 0.537 bits per heavy atom. The fourth-order valence-electron chi connectivity index (χ4n) is 11.6. The van der Waals surface area contributed by atoms with Crippen LogP contribution in [0.5, 0.6) is 0 Å². The maximum atomic E-state index is 13.1. The zero-order chi connectivity index (χ0) is 70.1. The Balaban J connectivity index is 5.20. The summed E-state index contributed by atoms with van der Waals surface area (Å²) in [5.74, 6) is 0.148. The Labute approximate surface area is 581 Å². The molecule has 0 aliphatic carbocycles. The molecule has 19 heteroatoms. The van der Waals surface area contributed by atoms with Crippen LogP contribution in [-0.2, 0) is 65.4 Å². The fraction of sp³-hybridized carbons (Fsp3) is 0.947. The summed E-state index contributed by atoms with van der Waals surface area (Å²) in [7, 11) is -9.91. The molecule has 17 nitrogen and oxygen atoms in total. The Bertz CT molecular complexity index is 1850. The van der Waals surface area contributed by atoms with Gasteiger partial charge in [-0.2, -0.15) is 0 Å². The third-order valence-corrected chi connectivity index (χ3v) is 19.9. The van der Waals surface area contributed by atoms with Crippen molar-refractivity contribution in [3.05, 3.63) is 0 Å². The summed E-state index contributed by atoms with van der Waals surface area (Å²) >= 11 is 0. The maximum Gasteiger partial charge on any atom is 0.472 e. The van der Waals surface area contributed by atoms with Crippen LogP contribution >= 0.6 is 15.6 Å². The number of carbonyl (C=O) groups excluding carboxylic acids is 4. The SMILES string of the molecule is CCCCCCCCCCCCCCCC(=O)OC[C@H](COP(=O)(O)OC[C@@H](O)COP(=O)(O)OC[C@@H](COC(=O)CCCCCCCCC(C)C)OC(=O)CCCCCCCCCCC(C)CC)OC(=O)CCCCCCCCCCCCCCCCCCCCC(C)C. The van der Waals surface area contributed by atoms with Gasteiger partial charge in [0, 0.05) is 25.7 Å². The third kappa shape index (κ3) is 69.0. The second-order valence-corrected chi connectivity index (χ2v) is 31.5. The topological polar surface area (TPSA) is 237 Å². The van der Waals surface area contributed by atoms with E-state index in [-0.39, 0.29) is 25.7 Å². The smallest absolute Gasteiger partial charge is 0.462 e. The molecule has 0 fully saturated rings. The Morgan fingerprint density at radius 3 is 0.800 bits per heavy atom. The van der Waals surface area contributed by atoms with E-state index in [9.17, 15) is 43.2 Å². The molecule has 0 saturated carbocycles. The van der Waals surface area contributed by atoms with Crippen molar-refractivity contribution in [2.45, 2.75) is 407 Å². The molecule has 0 amide bonds. The minimum Gasteiger partial charge on any atom is -0.462 e. The molecule has 0 rings (SSSR count). The maximum absolute atomic E-state index is 13.1. The van der Waals surface area contributed by atoms with E-state index >= 15 is 0 Å². The number of carbonyl (C=O) groups is 4. The van der Waals surface area contributed by atoms with Gasteiger partial charge in [0.1, 0.15) is 19.3 Å². The van der Waals surface area contributed by atoms with Crippen molar-refractivity contribution in [1.29, 1.82) is 0 Å². The molecule has 0 heterocycles. The molecule has 0 spiro atoms. The van der Waals surface area contributed by atoms with Crippen LogP contribution in [0.3, 0.4) is 0 Å². The first-order chi connectivity index (χ1) is 45.8. The molecule has 3 unspecified atom stereocenters. The van der Waals surface area contributed by atoms with Crippen molar-refractivity contribution in [3.8, 4) is 0 Å². The van der Waals surface area contributed by atoms with Crippen molar-refractivity contribution >= 4 is 39.5 Å². The number of esters is 4. The van der Waals surface area contributed by atoms with Crippen molar-refractivity contribution in [2.75, 3.05) is 39.6 Å². The lowest BCUT2D eigenvalue weighted by Crippen LogP contribution is -2.30. The van der Waals surface area contributed by atoms with E-state index in [4.69, 9.17) is 37.0 Å². The fourth-order valence-corrected chi connectivity index (χ4v) is 13.1. The van der Waals surface area contributed by atoms with Crippen LogP contribution in [0.4, 0.5) is 0 Å². The Kier molecular flexibility index (Phi) is 65.2. The second-order valence-electron chi connectivity index (χ2n) is 28.6. The molecule has 0 aliphatic heterocycles. The highest BCUT2D eigenvalue weighted by molar-refractivity contribution is 7.47. The minimum absolute atomic E-state index is 0.104. The molecule has 95 heavy (non-hydrogen) atoms. The highest BCUT2D eigenvalue weighted by Crippen LogP contribution is 2.45. The van der Waals surface area contributed by atoms with Crippen molar-refractivity contribution in [1.82, 2.24) is 0 Å². The van der Waals surface area contributed by atoms with Crippen LogP contribution in [0.15, 0.2) is 0 Å². The van der Waals surface area contributed by atoms with E-state index in [1.54, 1.807) is 0 Å². The number of hydrogen-bond donors (Lipinski definition) is 3. The number of unbranched alkanes of at least 4 members (excludes halogenated alkanes) is 41. The average Bonchev–Trinajstić information content (AvgIpc) is 1.65. The molecule has 564 valence electrons. The van der Waals surface area contributed by atoms with Gasteiger partial charge in [0.25, 0.3) is 0 Å². The summed E-state index contributed by atoms with van der Waals surface area (Å²) in [6.07, 6.45) is 52.9. The van der Waals surface area contributed by atoms with Crippen molar-refractivity contribution in [2.24, 2.45) is 17.8 Å². The van der Waals surface area contributed by atoms with Gasteiger partial charge in [-0.15, -0.1) is 0 Å². The van der Waals surface area contributed by atoms with Crippen LogP contribution < -0.4 is 0 Å². The second kappa shape index (κ2) is 66.6. The predicted molar refractivity (Wildman–Crippen MR) is 386 cm³/mol. The molecule has 3 N–H and O–H groups in total. The summed E-state index contributed by atoms with van der Waals surface area (Å²) in [6.45, 7) is 11.8. The lowest BCUT2D eigenvalue weighted by molar-refractivity contribution is -0.161. The number of phosphoric acid groups is 2. The normalized spacial score (nSPS) is 14.4. The van der Waals surface area contributed by atoms with E-state index in [0.717, 1.165) is 108 Å². The quantitative estimate of drug-likeness (QED) is 0.0222. The largest absolute Gasteiger partial charge is 0.472 e. The van der Waals surface area contributed by atoms with Gasteiger partial charge in [0.2, 0.25) is 0 Å². The monoisotopic (exact) mass is 1400 g/mol. The van der Waals surface area contributed by atoms with E-state index in [0.29, 0.717) is 31.6 Å². The summed E-state index contributed by atoms with van der Waals surface area (Å²) < 4.78 is 68.5. The van der Waals surface area contributed by atoms with Crippen LogP contribution in [0.25, 0.3) is 0 Å². The summed E-state index contributed by atoms with van der Waals surface area (Å²) in [5, 5.41) is 10.6. The zero-order valence-electron chi connectivity index (χ0n) is 62.1. The Morgan fingerprint density at radius 1 is 0.305 bits per heavy atom. The molecule has 0 aliphatic rings. The lowest BCUT2D eigenvalue weighted by Gasteiger charge is -2.21. The first kappa shape index (κ1) is 93.1. The van der Waals surface area contributed by atoms with Gasteiger partial charge in [-0.25, -0.2) is 9.13 Å². The number of phosphoric ester groups is 2. The van der Waals surface area contributed by atoms with Gasteiger partial charge in [-0.1, -0.05) is 337 Å². The van der Waals surface area contributed by atoms with Gasteiger partial charge in [0.15, 0.2) is 12.2 Å². The van der Waals surface area contributed by atoms with Crippen molar-refractivity contribution in [3.63, 3.8) is 0 Å². The van der Waals surface area contributed by atoms with Crippen LogP contribution in [0, 0.1) is 17.8 Å². The number of aliphatic hydroxyl groups excluding tert-OH is 1. The molecule has 6 atom stereocenters. The highest BCUT2D eigenvalue weighted by Gasteiger charge is 2.30. The standard InChI is InChI=1S/C76H148O17P2/c1-8-10-11-12-13-14-15-22-26-29-35-43-50-57-73(78)86-63-71(92-75(80)59-52-45-36-30-27-24-21-19-17-16-18-20-23-25-28-33-40-47-54-67(3)4)65-90-94(82,83)88-61-70(77)62-89-95(84,85)91-66-72(64-87-74(79)58-51-44-39-38-41-48-55-68(5)6)93-76(81)60-53-46-37-32-31-34-42-49-56-69(7)9-2/h67-72,77H,8-66H2,1-7H3,(H,82,83)(H,84,85)/t69?,70-,71-,72-/m1/s1. The molecule has 0 radical (unpaired) electrons. The van der Waals surface area contributed by atoms with Crippen LogP contribution in [0.1, 0.15) is 389 Å². The predicted octanol–water partition coefficient (Wildman–Crippen LogP) is 22.2. The molecule has 0 saturated heterocycles. The molecular formula is C76H148O17P2. The van der Waals surface area contributed by atoms with Gasteiger partial charge >= 0.3 is 39.5 Å². The van der Waals surface area contributed by atoms with Gasteiger partial charge in [0.05, 0.1) is 26.4 Å². The number of hydrogen-bond acceptors (Lipinski definition) is 15. The summed E-state index contributed by atoms with van der Waals surface area (Å²) in [5.41, 5.74) is 0. The van der Waals surface area contributed by atoms with E-state index < -0.39 is 97.5 Å². The first-order valence-corrected chi connectivity index (χ1v) is 42.4. The number of ether oxygens (including phenoxy) is 4. The first-order valence-electron chi connectivity index (χ1n) is 39.4. The van der Waals surface area contributed by atoms with Gasteiger partial charge in [-0.3, -0.25) is 37.3 Å². The molecule has 0 aromatic rings. The molecular weight excluding hydrogens is 1250 g/mol. The number of rotatable bonds is 74. The van der Waals surface area contributed by atoms with E-state index in [1.807, 2.05) is 0 Å². The molecule has 0 aromatic heterocycles. The van der Waals surface area contributed by atoms with Crippen LogP contribution in [-0.4, -0.2) is 96.7 Å². The van der Waals surface area contributed by atoms with Gasteiger partial charge < -0.3 is 33.8 Å². The molecule has 0 aromatic carbocycles. The lowest BCUT2D eigenvalue weighted by atomic mass is 9.99. The van der Waals surface area contributed by atoms with Gasteiger partial charge in [-0.05, 0) is 43.4 Å². The average molecular weight is 1400 g/mol. The minimum atomic E-state index is -4.96. The van der Waals surface area contributed by atoms with Crippen LogP contribution in [0.2, 0.25) is 0 Å². The third-order valence-electron chi connectivity index (χ3n) is 18.0. The summed E-state index contributed by atoms with van der Waals surface area (Å²) in [4.78, 5) is 72.7.